The van der Waals surface area contributed by atoms with Gasteiger partial charge in [0.1, 0.15) is 11.5 Å². The van der Waals surface area contributed by atoms with Crippen LogP contribution in [0.15, 0.2) is 36.4 Å². The minimum atomic E-state index is -0.105. The predicted octanol–water partition coefficient (Wildman–Crippen LogP) is 5.23. The van der Waals surface area contributed by atoms with E-state index in [9.17, 15) is 5.11 Å². The number of halogens is 1. The molecule has 2 aromatic carbocycles. The van der Waals surface area contributed by atoms with Gasteiger partial charge in [0.25, 0.3) is 0 Å². The van der Waals surface area contributed by atoms with Gasteiger partial charge in [-0.1, -0.05) is 44.5 Å². The number of rotatable bonds is 3. The molecule has 0 radical (unpaired) electrons. The summed E-state index contributed by atoms with van der Waals surface area (Å²) >= 11 is 5.96. The molecule has 0 aromatic heterocycles. The van der Waals surface area contributed by atoms with Crippen molar-refractivity contribution in [3.8, 4) is 11.5 Å². The largest absolute Gasteiger partial charge is 0.457 e. The Kier molecular flexibility index (Phi) is 4.60. The Balaban J connectivity index is 2.46. The zero-order valence-corrected chi connectivity index (χ0v) is 13.7. The molecule has 0 saturated carbocycles. The van der Waals surface area contributed by atoms with E-state index in [4.69, 9.17) is 16.3 Å². The van der Waals surface area contributed by atoms with Crippen molar-refractivity contribution in [2.45, 2.75) is 39.7 Å². The van der Waals surface area contributed by atoms with E-state index in [-0.39, 0.29) is 12.0 Å². The number of hydrogen-bond donors (Lipinski definition) is 1. The first-order valence-electron chi connectivity index (χ1n) is 6.99. The number of aliphatic hydroxyl groups excluding tert-OH is 1. The van der Waals surface area contributed by atoms with Crippen LogP contribution in [-0.2, 0) is 12.0 Å². The first-order valence-corrected chi connectivity index (χ1v) is 7.37. The maximum absolute atomic E-state index is 9.47. The molecule has 0 fully saturated rings. The molecule has 0 aliphatic rings. The fraction of sp³-hybridized carbons (Fsp3) is 0.333. The SMILES string of the molecule is Cc1ccc(C(C)(C)C)c(Oc2ccc(Cl)cc2CO)c1. The van der Waals surface area contributed by atoms with E-state index >= 15 is 0 Å². The fourth-order valence-electron chi connectivity index (χ4n) is 2.22. The van der Waals surface area contributed by atoms with Gasteiger partial charge in [-0.3, -0.25) is 0 Å². The summed E-state index contributed by atoms with van der Waals surface area (Å²) in [7, 11) is 0. The molecular formula is C18H21ClO2. The highest BCUT2D eigenvalue weighted by molar-refractivity contribution is 6.30. The summed E-state index contributed by atoms with van der Waals surface area (Å²) in [5.41, 5.74) is 2.93. The number of hydrogen-bond acceptors (Lipinski definition) is 2. The van der Waals surface area contributed by atoms with Crippen LogP contribution in [0.2, 0.25) is 5.02 Å². The minimum Gasteiger partial charge on any atom is -0.457 e. The first kappa shape index (κ1) is 15.9. The van der Waals surface area contributed by atoms with Crippen molar-refractivity contribution in [2.24, 2.45) is 0 Å². The fourth-order valence-corrected chi connectivity index (χ4v) is 2.42. The average Bonchev–Trinajstić information content (AvgIpc) is 2.39. The standard InChI is InChI=1S/C18H21ClO2/c1-12-5-7-15(18(2,3)4)17(9-12)21-16-8-6-14(19)10-13(16)11-20/h5-10,20H,11H2,1-4H3. The van der Waals surface area contributed by atoms with Crippen LogP contribution < -0.4 is 4.74 Å². The van der Waals surface area contributed by atoms with E-state index in [2.05, 4.69) is 32.9 Å². The van der Waals surface area contributed by atoms with Crippen LogP contribution in [0.3, 0.4) is 0 Å². The van der Waals surface area contributed by atoms with Gasteiger partial charge in [0.05, 0.1) is 6.61 Å². The topological polar surface area (TPSA) is 29.5 Å². The molecule has 0 atom stereocenters. The van der Waals surface area contributed by atoms with E-state index in [0.29, 0.717) is 16.3 Å². The molecule has 0 amide bonds. The van der Waals surface area contributed by atoms with Crippen LogP contribution in [0.25, 0.3) is 0 Å². The molecule has 0 saturated heterocycles. The molecular weight excluding hydrogens is 284 g/mol. The maximum atomic E-state index is 9.47. The molecule has 0 heterocycles. The lowest BCUT2D eigenvalue weighted by molar-refractivity contribution is 0.276. The Hall–Kier alpha value is -1.51. The van der Waals surface area contributed by atoms with Crippen molar-refractivity contribution in [3.63, 3.8) is 0 Å². The van der Waals surface area contributed by atoms with Crippen LogP contribution in [-0.4, -0.2) is 5.11 Å². The highest BCUT2D eigenvalue weighted by Crippen LogP contribution is 2.36. The summed E-state index contributed by atoms with van der Waals surface area (Å²) < 4.78 is 6.08. The van der Waals surface area contributed by atoms with Crippen molar-refractivity contribution in [1.29, 1.82) is 0 Å². The molecule has 2 aromatic rings. The first-order chi connectivity index (χ1) is 9.81. The lowest BCUT2D eigenvalue weighted by Crippen LogP contribution is -2.12. The van der Waals surface area contributed by atoms with Crippen LogP contribution in [0, 0.1) is 6.92 Å². The van der Waals surface area contributed by atoms with Crippen LogP contribution in [0.1, 0.15) is 37.5 Å². The lowest BCUT2D eigenvalue weighted by atomic mass is 9.86. The Morgan fingerprint density at radius 1 is 1.05 bits per heavy atom. The molecule has 0 bridgehead atoms. The van der Waals surface area contributed by atoms with Crippen molar-refractivity contribution in [3.05, 3.63) is 58.1 Å². The molecule has 0 spiro atoms. The van der Waals surface area contributed by atoms with E-state index in [1.54, 1.807) is 18.2 Å². The molecule has 1 N–H and O–H groups in total. The van der Waals surface area contributed by atoms with Gasteiger partial charge in [-0.25, -0.2) is 0 Å². The van der Waals surface area contributed by atoms with Crippen LogP contribution in [0.5, 0.6) is 11.5 Å². The summed E-state index contributed by atoms with van der Waals surface area (Å²) in [5.74, 6) is 1.46. The quantitative estimate of drug-likeness (QED) is 0.841. The molecule has 21 heavy (non-hydrogen) atoms. The smallest absolute Gasteiger partial charge is 0.133 e. The van der Waals surface area contributed by atoms with Crippen LogP contribution in [0.4, 0.5) is 0 Å². The zero-order chi connectivity index (χ0) is 15.6. The van der Waals surface area contributed by atoms with Gasteiger partial charge >= 0.3 is 0 Å². The van der Waals surface area contributed by atoms with Crippen molar-refractivity contribution >= 4 is 11.6 Å². The second-order valence-corrected chi connectivity index (χ2v) is 6.70. The second-order valence-electron chi connectivity index (χ2n) is 6.26. The molecule has 0 aliphatic heterocycles. The normalized spacial score (nSPS) is 11.5. The third-order valence-corrected chi connectivity index (χ3v) is 3.59. The van der Waals surface area contributed by atoms with Gasteiger partial charge in [0.2, 0.25) is 0 Å². The van der Waals surface area contributed by atoms with Gasteiger partial charge in [0.15, 0.2) is 0 Å². The third-order valence-electron chi connectivity index (χ3n) is 3.36. The Morgan fingerprint density at radius 2 is 1.76 bits per heavy atom. The number of benzene rings is 2. The minimum absolute atomic E-state index is 0.0190. The summed E-state index contributed by atoms with van der Waals surface area (Å²) in [4.78, 5) is 0. The average molecular weight is 305 g/mol. The van der Waals surface area contributed by atoms with E-state index in [0.717, 1.165) is 16.9 Å². The number of ether oxygens (including phenoxy) is 1. The lowest BCUT2D eigenvalue weighted by Gasteiger charge is -2.23. The molecule has 0 aliphatic carbocycles. The summed E-state index contributed by atoms with van der Waals surface area (Å²) in [6.45, 7) is 8.39. The van der Waals surface area contributed by atoms with E-state index < -0.39 is 0 Å². The van der Waals surface area contributed by atoms with Crippen molar-refractivity contribution in [1.82, 2.24) is 0 Å². The predicted molar refractivity (Wildman–Crippen MR) is 87.3 cm³/mol. The van der Waals surface area contributed by atoms with Crippen LogP contribution >= 0.6 is 11.6 Å². The summed E-state index contributed by atoms with van der Waals surface area (Å²) in [6, 6.07) is 11.5. The highest BCUT2D eigenvalue weighted by atomic mass is 35.5. The zero-order valence-electron chi connectivity index (χ0n) is 12.9. The maximum Gasteiger partial charge on any atom is 0.133 e. The van der Waals surface area contributed by atoms with Crippen molar-refractivity contribution in [2.75, 3.05) is 0 Å². The second kappa shape index (κ2) is 6.08. The summed E-state index contributed by atoms with van der Waals surface area (Å²) in [5, 5.41) is 10.1. The Morgan fingerprint density at radius 3 is 2.38 bits per heavy atom. The molecule has 3 heteroatoms. The van der Waals surface area contributed by atoms with Gasteiger partial charge in [-0.2, -0.15) is 0 Å². The van der Waals surface area contributed by atoms with Gasteiger partial charge in [0, 0.05) is 16.1 Å². The van der Waals surface area contributed by atoms with Gasteiger partial charge < -0.3 is 9.84 Å². The molecule has 112 valence electrons. The molecule has 2 rings (SSSR count). The Labute approximate surface area is 131 Å². The van der Waals surface area contributed by atoms with Gasteiger partial charge in [-0.05, 0) is 42.2 Å². The monoisotopic (exact) mass is 304 g/mol. The number of aryl methyl sites for hydroxylation is 1. The van der Waals surface area contributed by atoms with Gasteiger partial charge in [-0.15, -0.1) is 0 Å². The molecule has 2 nitrogen and oxygen atoms in total. The summed E-state index contributed by atoms with van der Waals surface area (Å²) in [6.07, 6.45) is 0. The van der Waals surface area contributed by atoms with E-state index in [1.165, 1.54) is 0 Å². The highest BCUT2D eigenvalue weighted by Gasteiger charge is 2.20. The number of aliphatic hydroxyl groups is 1. The van der Waals surface area contributed by atoms with E-state index in [1.807, 2.05) is 13.0 Å². The Bertz CT molecular complexity index is 642. The molecule has 0 unspecified atom stereocenters. The van der Waals surface area contributed by atoms with Crippen molar-refractivity contribution < 1.29 is 9.84 Å². The third kappa shape index (κ3) is 3.78.